The normalized spacial score (nSPS) is 25.6. The fourth-order valence-corrected chi connectivity index (χ4v) is 2.58. The van der Waals surface area contributed by atoms with Crippen molar-refractivity contribution in [3.63, 3.8) is 0 Å². The van der Waals surface area contributed by atoms with Gasteiger partial charge >= 0.3 is 0 Å². The van der Waals surface area contributed by atoms with E-state index in [1.807, 2.05) is 0 Å². The van der Waals surface area contributed by atoms with E-state index in [2.05, 4.69) is 4.98 Å². The first kappa shape index (κ1) is 15.4. The van der Waals surface area contributed by atoms with Gasteiger partial charge in [0, 0.05) is 31.1 Å². The van der Waals surface area contributed by atoms with Crippen molar-refractivity contribution in [2.24, 2.45) is 11.8 Å². The molecule has 20 heavy (non-hydrogen) atoms. The monoisotopic (exact) mass is 322 g/mol. The summed E-state index contributed by atoms with van der Waals surface area (Å²) in [5.41, 5.74) is 0.115. The van der Waals surface area contributed by atoms with Crippen LogP contribution in [0.15, 0.2) is 12.3 Å². The van der Waals surface area contributed by atoms with Crippen LogP contribution in [0.5, 0.6) is 0 Å². The average molecular weight is 323 g/mol. The average Bonchev–Trinajstić information content (AvgIpc) is 2.38. The van der Waals surface area contributed by atoms with Crippen LogP contribution in [0.25, 0.3) is 0 Å². The Morgan fingerprint density at radius 2 is 1.85 bits per heavy atom. The Labute approximate surface area is 125 Å². The summed E-state index contributed by atoms with van der Waals surface area (Å²) in [7, 11) is 0. The lowest BCUT2D eigenvalue weighted by atomic mass is 9.87. The highest BCUT2D eigenvalue weighted by Crippen LogP contribution is 2.37. The molecule has 0 radical (unpaired) electrons. The second kappa shape index (κ2) is 5.45. The summed E-state index contributed by atoms with van der Waals surface area (Å²) in [5.74, 6) is -4.95. The Morgan fingerprint density at radius 1 is 1.30 bits per heavy atom. The van der Waals surface area contributed by atoms with E-state index in [-0.39, 0.29) is 28.8 Å². The van der Waals surface area contributed by atoms with Crippen molar-refractivity contribution in [2.75, 3.05) is 13.1 Å². The molecule has 0 bridgehead atoms. The highest BCUT2D eigenvalue weighted by molar-refractivity contribution is 6.42. The molecule has 1 amide bonds. The maximum atomic E-state index is 13.8. The van der Waals surface area contributed by atoms with E-state index in [4.69, 9.17) is 23.2 Å². The predicted molar refractivity (Wildman–Crippen MR) is 73.4 cm³/mol. The summed E-state index contributed by atoms with van der Waals surface area (Å²) in [4.78, 5) is 17.6. The highest BCUT2D eigenvalue weighted by Gasteiger charge is 2.48. The van der Waals surface area contributed by atoms with Gasteiger partial charge in [0.25, 0.3) is 11.8 Å². The van der Waals surface area contributed by atoms with Gasteiger partial charge in [0.15, 0.2) is 0 Å². The molecule has 0 aromatic carbocycles. The second-order valence-electron chi connectivity index (χ2n) is 5.17. The number of alkyl halides is 2. The molecule has 0 N–H and O–H groups in total. The lowest BCUT2D eigenvalue weighted by Crippen LogP contribution is -2.53. The van der Waals surface area contributed by atoms with Crippen LogP contribution in [0.2, 0.25) is 10.0 Å². The van der Waals surface area contributed by atoms with Crippen molar-refractivity contribution in [3.05, 3.63) is 28.0 Å². The number of piperidine rings is 1. The summed E-state index contributed by atoms with van der Waals surface area (Å²) < 4.78 is 27.5. The molecular weight excluding hydrogens is 309 g/mol. The number of carbonyl (C=O) groups is 1. The van der Waals surface area contributed by atoms with Crippen LogP contribution in [0.3, 0.4) is 0 Å². The van der Waals surface area contributed by atoms with Crippen LogP contribution in [0, 0.1) is 11.8 Å². The third-order valence-corrected chi connectivity index (χ3v) is 4.33. The lowest BCUT2D eigenvalue weighted by Gasteiger charge is -2.40. The summed E-state index contributed by atoms with van der Waals surface area (Å²) in [5, 5.41) is 0.462. The summed E-state index contributed by atoms with van der Waals surface area (Å²) in [6, 6.07) is 1.36. The van der Waals surface area contributed by atoms with E-state index in [0.29, 0.717) is 0 Å². The molecule has 1 aliphatic heterocycles. The number of rotatable bonds is 1. The SMILES string of the molecule is C[C@@H]1CN(C(=O)c2cc(Cl)c(Cl)cn2)C[C@H](C)C1(F)F. The van der Waals surface area contributed by atoms with Gasteiger partial charge in [0.2, 0.25) is 0 Å². The van der Waals surface area contributed by atoms with Crippen LogP contribution in [-0.4, -0.2) is 34.8 Å². The molecule has 3 nitrogen and oxygen atoms in total. The molecule has 0 spiro atoms. The van der Waals surface area contributed by atoms with Crippen molar-refractivity contribution in [3.8, 4) is 0 Å². The fourth-order valence-electron chi connectivity index (χ4n) is 2.32. The largest absolute Gasteiger partial charge is 0.336 e. The van der Waals surface area contributed by atoms with E-state index in [1.54, 1.807) is 0 Å². The first-order valence-electron chi connectivity index (χ1n) is 6.21. The quantitative estimate of drug-likeness (QED) is 0.788. The van der Waals surface area contributed by atoms with Gasteiger partial charge in [-0.3, -0.25) is 4.79 Å². The van der Waals surface area contributed by atoms with Crippen LogP contribution < -0.4 is 0 Å². The molecule has 0 saturated carbocycles. The van der Waals surface area contributed by atoms with Gasteiger partial charge in [-0.25, -0.2) is 13.8 Å². The maximum absolute atomic E-state index is 13.8. The van der Waals surface area contributed by atoms with Crippen molar-refractivity contribution in [1.82, 2.24) is 9.88 Å². The van der Waals surface area contributed by atoms with Gasteiger partial charge in [-0.15, -0.1) is 0 Å². The van der Waals surface area contributed by atoms with Gasteiger partial charge in [-0.05, 0) is 6.07 Å². The zero-order valence-corrected chi connectivity index (χ0v) is 12.6. The summed E-state index contributed by atoms with van der Waals surface area (Å²) in [6.07, 6.45) is 1.28. The van der Waals surface area contributed by atoms with E-state index in [1.165, 1.54) is 31.0 Å². The molecule has 0 aliphatic carbocycles. The number of aromatic nitrogens is 1. The molecule has 2 rings (SSSR count). The molecule has 1 fully saturated rings. The number of hydrogen-bond acceptors (Lipinski definition) is 2. The minimum absolute atomic E-state index is 0.00189. The second-order valence-corrected chi connectivity index (χ2v) is 5.98. The first-order valence-corrected chi connectivity index (χ1v) is 6.97. The number of amides is 1. The predicted octanol–water partition coefficient (Wildman–Crippen LogP) is 3.75. The molecule has 1 aromatic rings. The molecule has 110 valence electrons. The number of nitrogens with zero attached hydrogens (tertiary/aromatic N) is 2. The Bertz CT molecular complexity index is 525. The van der Waals surface area contributed by atoms with Crippen molar-refractivity contribution in [1.29, 1.82) is 0 Å². The Kier molecular flexibility index (Phi) is 4.21. The highest BCUT2D eigenvalue weighted by atomic mass is 35.5. The minimum atomic E-state index is -2.76. The molecule has 1 aromatic heterocycles. The Balaban J connectivity index is 2.20. The number of carbonyl (C=O) groups excluding carboxylic acids is 1. The van der Waals surface area contributed by atoms with E-state index >= 15 is 0 Å². The van der Waals surface area contributed by atoms with Gasteiger partial charge in [-0.2, -0.15) is 0 Å². The fraction of sp³-hybridized carbons (Fsp3) is 0.538. The molecular formula is C13H14Cl2F2N2O. The molecule has 7 heteroatoms. The van der Waals surface area contributed by atoms with E-state index < -0.39 is 23.7 Å². The van der Waals surface area contributed by atoms with Crippen LogP contribution >= 0.6 is 23.2 Å². The summed E-state index contributed by atoms with van der Waals surface area (Å²) >= 11 is 11.6. The molecule has 1 saturated heterocycles. The van der Waals surface area contributed by atoms with Gasteiger partial charge in [0.05, 0.1) is 10.0 Å². The van der Waals surface area contributed by atoms with Crippen LogP contribution in [0.1, 0.15) is 24.3 Å². The number of halogens is 4. The topological polar surface area (TPSA) is 33.2 Å². The smallest absolute Gasteiger partial charge is 0.272 e. The number of hydrogen-bond donors (Lipinski definition) is 0. The van der Waals surface area contributed by atoms with Crippen molar-refractivity contribution >= 4 is 29.1 Å². The summed E-state index contributed by atoms with van der Waals surface area (Å²) in [6.45, 7) is 2.88. The van der Waals surface area contributed by atoms with Gasteiger partial charge < -0.3 is 4.90 Å². The Morgan fingerprint density at radius 3 is 2.35 bits per heavy atom. The maximum Gasteiger partial charge on any atom is 0.272 e. The van der Waals surface area contributed by atoms with Crippen LogP contribution in [-0.2, 0) is 0 Å². The van der Waals surface area contributed by atoms with E-state index in [0.717, 1.165) is 0 Å². The lowest BCUT2D eigenvalue weighted by molar-refractivity contribution is -0.132. The molecule has 1 aliphatic rings. The van der Waals surface area contributed by atoms with Crippen molar-refractivity contribution < 1.29 is 13.6 Å². The first-order chi connectivity index (χ1) is 9.23. The van der Waals surface area contributed by atoms with Crippen LogP contribution in [0.4, 0.5) is 8.78 Å². The number of likely N-dealkylation sites (tertiary alicyclic amines) is 1. The van der Waals surface area contributed by atoms with Crippen molar-refractivity contribution in [2.45, 2.75) is 19.8 Å². The third-order valence-electron chi connectivity index (χ3n) is 3.62. The van der Waals surface area contributed by atoms with Gasteiger partial charge in [-0.1, -0.05) is 37.0 Å². The standard InChI is InChI=1S/C13H14Cl2F2N2O/c1-7-5-19(6-8(2)13(7,16)17)12(20)11-3-9(14)10(15)4-18-11/h3-4,7-8H,5-6H2,1-2H3/t7-,8+. The molecule has 0 unspecified atom stereocenters. The zero-order valence-electron chi connectivity index (χ0n) is 11.0. The molecule has 2 heterocycles. The zero-order chi connectivity index (χ0) is 15.1. The number of pyridine rings is 1. The minimum Gasteiger partial charge on any atom is -0.336 e. The Hall–Kier alpha value is -0.940. The molecule has 2 atom stereocenters. The third kappa shape index (κ3) is 2.74. The van der Waals surface area contributed by atoms with E-state index in [9.17, 15) is 13.6 Å². The van der Waals surface area contributed by atoms with Gasteiger partial charge in [0.1, 0.15) is 5.69 Å².